The molecule has 0 aliphatic heterocycles. The maximum atomic E-state index is 6.04. The Kier molecular flexibility index (Phi) is 3.27. The fourth-order valence-corrected chi connectivity index (χ4v) is 1.65. The lowest BCUT2D eigenvalue weighted by Crippen LogP contribution is -1.99. The van der Waals surface area contributed by atoms with Gasteiger partial charge in [-0.25, -0.2) is 0 Å². The topological polar surface area (TPSA) is 51.8 Å². The van der Waals surface area contributed by atoms with Crippen molar-refractivity contribution in [3.63, 3.8) is 0 Å². The number of aromatic nitrogens is 2. The van der Waals surface area contributed by atoms with Crippen molar-refractivity contribution >= 4 is 28.9 Å². The summed E-state index contributed by atoms with van der Waals surface area (Å²) in [4.78, 5) is 0. The number of nitrogens with two attached hydrogens (primary N) is 1. The summed E-state index contributed by atoms with van der Waals surface area (Å²) >= 11 is 11.7. The second kappa shape index (κ2) is 4.68. The standard InChI is InChI=1S/C11H9Cl2N3/c12-9-4-2-1-3-7(9)5-8-6-10(14)11(13)16-15-8/h1-4,6H,5H2,(H2,14,15). The molecule has 0 amide bonds. The molecule has 2 N–H and O–H groups in total. The summed E-state index contributed by atoms with van der Waals surface area (Å²) in [7, 11) is 0. The Hall–Kier alpha value is -1.32. The molecule has 0 radical (unpaired) electrons. The first-order valence-corrected chi connectivity index (χ1v) is 5.43. The molecule has 2 aromatic rings. The molecule has 0 saturated carbocycles. The van der Waals surface area contributed by atoms with E-state index in [0.717, 1.165) is 11.3 Å². The van der Waals surface area contributed by atoms with Crippen LogP contribution >= 0.6 is 23.2 Å². The Bertz CT molecular complexity index is 514. The van der Waals surface area contributed by atoms with E-state index < -0.39 is 0 Å². The molecule has 0 unspecified atom stereocenters. The number of benzene rings is 1. The van der Waals surface area contributed by atoms with Gasteiger partial charge in [0.2, 0.25) is 0 Å². The normalized spacial score (nSPS) is 10.4. The van der Waals surface area contributed by atoms with E-state index in [2.05, 4.69) is 10.2 Å². The van der Waals surface area contributed by atoms with Gasteiger partial charge in [0.05, 0.1) is 11.4 Å². The van der Waals surface area contributed by atoms with E-state index >= 15 is 0 Å². The largest absolute Gasteiger partial charge is 0.396 e. The molecule has 0 fully saturated rings. The predicted molar refractivity (Wildman–Crippen MR) is 65.7 cm³/mol. The molecule has 82 valence electrons. The van der Waals surface area contributed by atoms with Crippen molar-refractivity contribution in [2.45, 2.75) is 6.42 Å². The zero-order chi connectivity index (χ0) is 11.5. The van der Waals surface area contributed by atoms with Crippen molar-refractivity contribution < 1.29 is 0 Å². The van der Waals surface area contributed by atoms with Crippen LogP contribution in [0.5, 0.6) is 0 Å². The van der Waals surface area contributed by atoms with Crippen LogP contribution < -0.4 is 5.73 Å². The van der Waals surface area contributed by atoms with Crippen LogP contribution in [0.2, 0.25) is 10.2 Å². The lowest BCUT2D eigenvalue weighted by atomic mass is 10.1. The average Bonchev–Trinajstić information content (AvgIpc) is 2.27. The fraction of sp³-hybridized carbons (Fsp3) is 0.0909. The molecule has 0 spiro atoms. The Morgan fingerprint density at radius 3 is 2.56 bits per heavy atom. The highest BCUT2D eigenvalue weighted by Crippen LogP contribution is 2.20. The molecule has 1 heterocycles. The summed E-state index contributed by atoms with van der Waals surface area (Å²) in [6.07, 6.45) is 0.591. The third-order valence-electron chi connectivity index (χ3n) is 2.16. The maximum absolute atomic E-state index is 6.04. The van der Waals surface area contributed by atoms with Crippen LogP contribution in [0.3, 0.4) is 0 Å². The SMILES string of the molecule is Nc1cc(Cc2ccccc2Cl)nnc1Cl. The Morgan fingerprint density at radius 1 is 1.12 bits per heavy atom. The van der Waals surface area contributed by atoms with Crippen molar-refractivity contribution in [1.29, 1.82) is 0 Å². The zero-order valence-corrected chi connectivity index (χ0v) is 9.83. The van der Waals surface area contributed by atoms with Gasteiger partial charge in [-0.1, -0.05) is 41.4 Å². The molecule has 1 aromatic heterocycles. The van der Waals surface area contributed by atoms with Crippen molar-refractivity contribution in [3.05, 3.63) is 51.8 Å². The molecule has 0 bridgehead atoms. The Morgan fingerprint density at radius 2 is 1.88 bits per heavy atom. The van der Waals surface area contributed by atoms with Crippen molar-refractivity contribution in [3.8, 4) is 0 Å². The fourth-order valence-electron chi connectivity index (χ4n) is 1.36. The monoisotopic (exact) mass is 253 g/mol. The van der Waals surface area contributed by atoms with Crippen LogP contribution in [0, 0.1) is 0 Å². The summed E-state index contributed by atoms with van der Waals surface area (Å²) < 4.78 is 0. The van der Waals surface area contributed by atoms with Crippen LogP contribution in [0.1, 0.15) is 11.3 Å². The minimum absolute atomic E-state index is 0.225. The maximum Gasteiger partial charge on any atom is 0.174 e. The van der Waals surface area contributed by atoms with Gasteiger partial charge in [-0.15, -0.1) is 5.10 Å². The number of nitrogens with zero attached hydrogens (tertiary/aromatic N) is 2. The first kappa shape index (κ1) is 11.2. The van der Waals surface area contributed by atoms with Crippen LogP contribution in [0.25, 0.3) is 0 Å². The number of halogens is 2. The van der Waals surface area contributed by atoms with Crippen LogP contribution in [-0.2, 0) is 6.42 Å². The molecule has 2 rings (SSSR count). The third-order valence-corrected chi connectivity index (χ3v) is 2.82. The van der Waals surface area contributed by atoms with Gasteiger partial charge in [0.25, 0.3) is 0 Å². The quantitative estimate of drug-likeness (QED) is 0.896. The van der Waals surface area contributed by atoms with Gasteiger partial charge in [-0.05, 0) is 17.7 Å². The van der Waals surface area contributed by atoms with Gasteiger partial charge in [-0.3, -0.25) is 0 Å². The molecule has 5 heteroatoms. The molecule has 3 nitrogen and oxygen atoms in total. The van der Waals surface area contributed by atoms with E-state index in [1.54, 1.807) is 6.07 Å². The second-order valence-corrected chi connectivity index (χ2v) is 4.12. The molecule has 0 aliphatic rings. The van der Waals surface area contributed by atoms with Gasteiger partial charge < -0.3 is 5.73 Å². The predicted octanol–water partition coefficient (Wildman–Crippen LogP) is 2.96. The van der Waals surface area contributed by atoms with Crippen molar-refractivity contribution in [2.75, 3.05) is 5.73 Å². The molecule has 1 aromatic carbocycles. The average molecular weight is 254 g/mol. The highest BCUT2D eigenvalue weighted by Gasteiger charge is 2.05. The zero-order valence-electron chi connectivity index (χ0n) is 8.32. The van der Waals surface area contributed by atoms with Gasteiger partial charge in [-0.2, -0.15) is 5.10 Å². The van der Waals surface area contributed by atoms with E-state index in [-0.39, 0.29) is 5.15 Å². The van der Waals surface area contributed by atoms with Gasteiger partial charge >= 0.3 is 0 Å². The van der Waals surface area contributed by atoms with E-state index in [0.29, 0.717) is 17.1 Å². The Labute approximate surface area is 103 Å². The van der Waals surface area contributed by atoms with Crippen LogP contribution in [0.15, 0.2) is 30.3 Å². The minimum atomic E-state index is 0.225. The highest BCUT2D eigenvalue weighted by molar-refractivity contribution is 6.31. The highest BCUT2D eigenvalue weighted by atomic mass is 35.5. The molecule has 0 saturated heterocycles. The summed E-state index contributed by atoms with van der Waals surface area (Å²) in [5, 5.41) is 8.64. The molecular formula is C11H9Cl2N3. The van der Waals surface area contributed by atoms with Gasteiger partial charge in [0.15, 0.2) is 5.15 Å². The number of nitrogen functional groups attached to an aromatic ring is 1. The number of hydrogen-bond donors (Lipinski definition) is 1. The molecule has 0 aliphatic carbocycles. The summed E-state index contributed by atoms with van der Waals surface area (Å²) in [6, 6.07) is 9.29. The minimum Gasteiger partial charge on any atom is -0.396 e. The van der Waals surface area contributed by atoms with Gasteiger partial charge in [0, 0.05) is 11.4 Å². The smallest absolute Gasteiger partial charge is 0.174 e. The van der Waals surface area contributed by atoms with E-state index in [4.69, 9.17) is 28.9 Å². The Balaban J connectivity index is 2.28. The van der Waals surface area contributed by atoms with E-state index in [1.807, 2.05) is 24.3 Å². The van der Waals surface area contributed by atoms with E-state index in [9.17, 15) is 0 Å². The first-order valence-electron chi connectivity index (χ1n) is 4.68. The summed E-state index contributed by atoms with van der Waals surface area (Å²) in [6.45, 7) is 0. The van der Waals surface area contributed by atoms with Crippen LogP contribution in [-0.4, -0.2) is 10.2 Å². The second-order valence-electron chi connectivity index (χ2n) is 3.35. The molecule has 16 heavy (non-hydrogen) atoms. The van der Waals surface area contributed by atoms with Crippen molar-refractivity contribution in [2.24, 2.45) is 0 Å². The molecular weight excluding hydrogens is 245 g/mol. The van der Waals surface area contributed by atoms with Crippen LogP contribution in [0.4, 0.5) is 5.69 Å². The van der Waals surface area contributed by atoms with E-state index in [1.165, 1.54) is 0 Å². The summed E-state index contributed by atoms with van der Waals surface area (Å²) in [5.74, 6) is 0. The number of hydrogen-bond acceptors (Lipinski definition) is 3. The lowest BCUT2D eigenvalue weighted by molar-refractivity contribution is 0.940. The summed E-state index contributed by atoms with van der Waals surface area (Å²) in [5.41, 5.74) is 7.81. The number of rotatable bonds is 2. The molecule has 0 atom stereocenters. The lowest BCUT2D eigenvalue weighted by Gasteiger charge is -2.04. The van der Waals surface area contributed by atoms with Crippen molar-refractivity contribution in [1.82, 2.24) is 10.2 Å². The third kappa shape index (κ3) is 2.43. The van der Waals surface area contributed by atoms with Gasteiger partial charge in [0.1, 0.15) is 0 Å². The first-order chi connectivity index (χ1) is 7.66. The number of anilines is 1.